The summed E-state index contributed by atoms with van der Waals surface area (Å²) in [6.45, 7) is 3.53. The molecule has 44 heavy (non-hydrogen) atoms. The number of aryl methyl sites for hydroxylation is 2. The van der Waals surface area contributed by atoms with Crippen molar-refractivity contribution in [2.75, 3.05) is 11.4 Å². The highest BCUT2D eigenvalue weighted by Crippen LogP contribution is 2.41. The second kappa shape index (κ2) is 13.1. The van der Waals surface area contributed by atoms with E-state index in [4.69, 9.17) is 32.7 Å². The van der Waals surface area contributed by atoms with Crippen LogP contribution >= 0.6 is 34.5 Å². The quantitative estimate of drug-likeness (QED) is 0.147. The van der Waals surface area contributed by atoms with Crippen molar-refractivity contribution in [3.63, 3.8) is 0 Å². The van der Waals surface area contributed by atoms with Gasteiger partial charge in [-0.25, -0.2) is 21.5 Å². The van der Waals surface area contributed by atoms with Crippen LogP contribution in [0.3, 0.4) is 0 Å². The third-order valence-electron chi connectivity index (χ3n) is 6.90. The van der Waals surface area contributed by atoms with E-state index in [1.165, 1.54) is 18.7 Å². The van der Waals surface area contributed by atoms with Gasteiger partial charge in [-0.05, 0) is 66.4 Å². The van der Waals surface area contributed by atoms with E-state index in [0.29, 0.717) is 33.9 Å². The van der Waals surface area contributed by atoms with Gasteiger partial charge in [0.25, 0.3) is 10.0 Å². The van der Waals surface area contributed by atoms with Crippen LogP contribution in [-0.2, 0) is 23.0 Å². The van der Waals surface area contributed by atoms with Crippen LogP contribution in [0.1, 0.15) is 23.6 Å². The second-order valence-corrected chi connectivity index (χ2v) is 13.1. The van der Waals surface area contributed by atoms with E-state index in [2.05, 4.69) is 10.2 Å². The summed E-state index contributed by atoms with van der Waals surface area (Å²) < 4.78 is 70.4. The number of hydrogen-bond acceptors (Lipinski definition) is 7. The zero-order valence-corrected chi connectivity index (χ0v) is 26.8. The summed E-state index contributed by atoms with van der Waals surface area (Å²) in [5.74, 6) is -0.830. The van der Waals surface area contributed by atoms with Gasteiger partial charge in [-0.1, -0.05) is 65.7 Å². The monoisotopic (exact) mass is 675 g/mol. The Morgan fingerprint density at radius 2 is 1.68 bits per heavy atom. The number of hydrogen-bond donors (Lipinski definition) is 0. The number of sulfonamides is 1. The van der Waals surface area contributed by atoms with Crippen molar-refractivity contribution in [2.24, 2.45) is 0 Å². The Morgan fingerprint density at radius 1 is 0.909 bits per heavy atom. The summed E-state index contributed by atoms with van der Waals surface area (Å²) in [7, 11) is -3.00. The van der Waals surface area contributed by atoms with Gasteiger partial charge in [0.2, 0.25) is 5.13 Å². The molecule has 0 saturated heterocycles. The lowest BCUT2D eigenvalue weighted by Crippen LogP contribution is -2.31. The third-order valence-corrected chi connectivity index (χ3v) is 10.1. The van der Waals surface area contributed by atoms with Crippen LogP contribution in [0.25, 0.3) is 11.1 Å². The molecule has 0 unspecified atom stereocenters. The summed E-state index contributed by atoms with van der Waals surface area (Å²) >= 11 is 14.0. The molecule has 0 atom stereocenters. The zero-order chi connectivity index (χ0) is 31.6. The molecule has 5 aromatic rings. The molecule has 0 N–H and O–H groups in total. The van der Waals surface area contributed by atoms with Gasteiger partial charge >= 0.3 is 0 Å². The lowest BCUT2D eigenvalue weighted by atomic mass is 10.0. The molecule has 0 aliphatic rings. The van der Waals surface area contributed by atoms with Gasteiger partial charge < -0.3 is 9.47 Å². The summed E-state index contributed by atoms with van der Waals surface area (Å²) in [6.07, 6.45) is 0.487. The largest absolute Gasteiger partial charge is 0.497 e. The molecule has 0 spiro atoms. The molecule has 228 valence electrons. The van der Waals surface area contributed by atoms with Crippen molar-refractivity contribution in [1.29, 1.82) is 0 Å². The molecule has 0 amide bonds. The van der Waals surface area contributed by atoms with Gasteiger partial charge in [0.05, 0.1) is 18.7 Å². The Labute approximate surface area is 267 Å². The van der Waals surface area contributed by atoms with Gasteiger partial charge in [0.15, 0.2) is 0 Å². The normalized spacial score (nSPS) is 11.4. The Morgan fingerprint density at radius 3 is 2.34 bits per heavy atom. The third kappa shape index (κ3) is 6.37. The Hall–Kier alpha value is -3.77. The highest BCUT2D eigenvalue weighted by Gasteiger charge is 2.32. The fourth-order valence-electron chi connectivity index (χ4n) is 4.53. The highest BCUT2D eigenvalue weighted by atomic mass is 35.5. The minimum absolute atomic E-state index is 0.0468. The van der Waals surface area contributed by atoms with Crippen molar-refractivity contribution in [1.82, 2.24) is 10.2 Å². The Balaban J connectivity index is 1.53. The first-order valence-electron chi connectivity index (χ1n) is 13.2. The van der Waals surface area contributed by atoms with E-state index in [-0.39, 0.29) is 33.8 Å². The predicted octanol–water partition coefficient (Wildman–Crippen LogP) is 8.86. The molecule has 0 aliphatic heterocycles. The number of anilines is 1. The zero-order valence-electron chi connectivity index (χ0n) is 23.6. The molecule has 7 nitrogen and oxygen atoms in total. The minimum Gasteiger partial charge on any atom is -0.497 e. The number of methoxy groups -OCH3 is 1. The van der Waals surface area contributed by atoms with Gasteiger partial charge in [-0.15, -0.1) is 10.2 Å². The van der Waals surface area contributed by atoms with Crippen LogP contribution in [0.15, 0.2) is 77.1 Å². The lowest BCUT2D eigenvalue weighted by Gasteiger charge is -2.23. The van der Waals surface area contributed by atoms with E-state index in [1.807, 2.05) is 13.8 Å². The van der Waals surface area contributed by atoms with Crippen LogP contribution in [0.4, 0.5) is 13.9 Å². The molecule has 1 aromatic heterocycles. The molecule has 5 rings (SSSR count). The maximum absolute atomic E-state index is 15.7. The van der Waals surface area contributed by atoms with E-state index in [0.717, 1.165) is 33.3 Å². The SMILES string of the molecule is CCc1cc(Cl)c(-c2ccccc2F)cc1Oc1cc(F)c(S(=O)(=O)N(Cc2ccc(OC)cc2C)c2nncs2)cc1Cl. The molecule has 0 fully saturated rings. The fourth-order valence-corrected chi connectivity index (χ4v) is 7.34. The molecular formula is C31H25Cl2F2N3O4S2. The van der Waals surface area contributed by atoms with E-state index in [9.17, 15) is 12.8 Å². The number of aromatic nitrogens is 2. The van der Waals surface area contributed by atoms with Crippen LogP contribution in [-0.4, -0.2) is 25.7 Å². The number of ether oxygens (including phenoxy) is 2. The van der Waals surface area contributed by atoms with Gasteiger partial charge in [-0.2, -0.15) is 0 Å². The van der Waals surface area contributed by atoms with E-state index >= 15 is 4.39 Å². The van der Waals surface area contributed by atoms with Crippen molar-refractivity contribution >= 4 is 49.7 Å². The number of halogens is 4. The summed E-state index contributed by atoms with van der Waals surface area (Å²) in [4.78, 5) is -0.671. The van der Waals surface area contributed by atoms with E-state index < -0.39 is 26.6 Å². The minimum atomic E-state index is -4.53. The summed E-state index contributed by atoms with van der Waals surface area (Å²) in [5.41, 5.74) is 4.08. The topological polar surface area (TPSA) is 81.6 Å². The molecular weight excluding hydrogens is 651 g/mol. The number of rotatable bonds is 10. The fraction of sp³-hybridized carbons (Fsp3) is 0.161. The first-order chi connectivity index (χ1) is 21.0. The molecule has 0 saturated carbocycles. The van der Waals surface area contributed by atoms with Crippen LogP contribution in [0.5, 0.6) is 17.2 Å². The number of benzene rings is 4. The highest BCUT2D eigenvalue weighted by molar-refractivity contribution is 7.93. The summed E-state index contributed by atoms with van der Waals surface area (Å²) in [6, 6.07) is 16.4. The first-order valence-corrected chi connectivity index (χ1v) is 16.3. The summed E-state index contributed by atoms with van der Waals surface area (Å²) in [5, 5.41) is 7.90. The van der Waals surface area contributed by atoms with Crippen LogP contribution in [0, 0.1) is 18.6 Å². The van der Waals surface area contributed by atoms with Crippen molar-refractivity contribution in [2.45, 2.75) is 31.7 Å². The molecule has 1 heterocycles. The average molecular weight is 677 g/mol. The second-order valence-electron chi connectivity index (χ2n) is 9.61. The van der Waals surface area contributed by atoms with Crippen LogP contribution < -0.4 is 13.8 Å². The lowest BCUT2D eigenvalue weighted by molar-refractivity contribution is 0.414. The molecule has 0 aliphatic carbocycles. The molecule has 13 heteroatoms. The van der Waals surface area contributed by atoms with Crippen molar-refractivity contribution in [3.8, 4) is 28.4 Å². The number of nitrogens with zero attached hydrogens (tertiary/aromatic N) is 3. The van der Waals surface area contributed by atoms with Crippen LogP contribution in [0.2, 0.25) is 10.0 Å². The van der Waals surface area contributed by atoms with Crippen molar-refractivity contribution in [3.05, 3.63) is 111 Å². The maximum atomic E-state index is 15.7. The molecule has 0 bridgehead atoms. The first kappa shape index (κ1) is 31.6. The maximum Gasteiger partial charge on any atom is 0.269 e. The Bertz CT molecular complexity index is 1940. The van der Waals surface area contributed by atoms with Gasteiger partial charge in [0, 0.05) is 22.2 Å². The molecule has 0 radical (unpaired) electrons. The van der Waals surface area contributed by atoms with Gasteiger partial charge in [-0.3, -0.25) is 0 Å². The average Bonchev–Trinajstić information content (AvgIpc) is 3.53. The standard InChI is InChI=1S/C31H25Cl2F2N3O4S2/c1-4-19-12-24(32)23(22-7-5-6-8-26(22)34)13-28(19)42-29-15-27(35)30(14-25(29)33)44(39,40)38(31-37-36-17-43-31)16-20-9-10-21(41-3)11-18(20)2/h5-15,17H,4,16H2,1-3H3. The predicted molar refractivity (Wildman–Crippen MR) is 169 cm³/mol. The van der Waals surface area contributed by atoms with Gasteiger partial charge in [0.1, 0.15) is 39.3 Å². The Kier molecular flexibility index (Phi) is 9.40. The van der Waals surface area contributed by atoms with Crippen molar-refractivity contribution < 1.29 is 26.7 Å². The van der Waals surface area contributed by atoms with E-state index in [1.54, 1.807) is 48.5 Å². The molecule has 4 aromatic carbocycles. The smallest absolute Gasteiger partial charge is 0.269 e.